The van der Waals surface area contributed by atoms with Crippen LogP contribution in [0, 0.1) is 27.7 Å². The topological polar surface area (TPSA) is 109 Å². The maximum absolute atomic E-state index is 11.1. The molecular formula is C41H55N3O4. The van der Waals surface area contributed by atoms with E-state index >= 15 is 0 Å². The van der Waals surface area contributed by atoms with Crippen LogP contribution in [0.15, 0.2) is 54.6 Å². The van der Waals surface area contributed by atoms with Crippen LogP contribution in [0.4, 0.5) is 0 Å². The second-order valence-corrected chi connectivity index (χ2v) is 13.4. The Morgan fingerprint density at radius 3 is 1.50 bits per heavy atom. The summed E-state index contributed by atoms with van der Waals surface area (Å²) >= 11 is 0. The van der Waals surface area contributed by atoms with Crippen LogP contribution < -0.4 is 4.74 Å². The Kier molecular flexibility index (Phi) is 14.4. The van der Waals surface area contributed by atoms with Crippen molar-refractivity contribution in [2.75, 3.05) is 6.61 Å². The monoisotopic (exact) mass is 653 g/mol. The van der Waals surface area contributed by atoms with Gasteiger partial charge in [0.05, 0.1) is 11.7 Å². The zero-order valence-corrected chi connectivity index (χ0v) is 29.6. The number of rotatable bonds is 19. The van der Waals surface area contributed by atoms with Crippen LogP contribution in [0.5, 0.6) is 11.5 Å². The quantitative estimate of drug-likeness (QED) is 0.0865. The Balaban J connectivity index is 1.37. The van der Waals surface area contributed by atoms with Gasteiger partial charge in [0.1, 0.15) is 24.2 Å². The standard InChI is InChI=1S/C41H55N3O4/c1-6-7-8-9-10-11-12-13-14-15-16-17-36(45)38(47)27-48-32-20-23-35(37(46)26-32)41-43-39(33-21-18-28(2)24-30(33)4)42-40(44-41)34-22-19-29(3)25-31(34)5/h18-26,36,38,45-47H,6-17,27H2,1-5H3. The van der Waals surface area contributed by atoms with Gasteiger partial charge in [-0.25, -0.2) is 15.0 Å². The highest BCUT2D eigenvalue weighted by Gasteiger charge is 2.19. The van der Waals surface area contributed by atoms with Crippen molar-refractivity contribution in [1.29, 1.82) is 0 Å². The smallest absolute Gasteiger partial charge is 0.167 e. The van der Waals surface area contributed by atoms with Crippen molar-refractivity contribution in [1.82, 2.24) is 15.0 Å². The van der Waals surface area contributed by atoms with Gasteiger partial charge in [-0.3, -0.25) is 0 Å². The second kappa shape index (κ2) is 18.7. The van der Waals surface area contributed by atoms with Crippen LogP contribution in [0.2, 0.25) is 0 Å². The van der Waals surface area contributed by atoms with Crippen LogP contribution >= 0.6 is 0 Å². The van der Waals surface area contributed by atoms with Gasteiger partial charge < -0.3 is 20.1 Å². The Bertz CT molecular complexity index is 1540. The molecule has 0 fully saturated rings. The largest absolute Gasteiger partial charge is 0.507 e. The molecule has 0 aliphatic heterocycles. The van der Waals surface area contributed by atoms with Gasteiger partial charge in [-0.15, -0.1) is 0 Å². The predicted molar refractivity (Wildman–Crippen MR) is 195 cm³/mol. The van der Waals surface area contributed by atoms with Gasteiger partial charge in [0, 0.05) is 17.2 Å². The molecule has 7 heteroatoms. The summed E-state index contributed by atoms with van der Waals surface area (Å²) in [5, 5.41) is 32.1. The van der Waals surface area contributed by atoms with E-state index in [-0.39, 0.29) is 12.4 Å². The molecule has 0 aliphatic carbocycles. The van der Waals surface area contributed by atoms with Crippen LogP contribution in [-0.2, 0) is 0 Å². The second-order valence-electron chi connectivity index (χ2n) is 13.4. The van der Waals surface area contributed by atoms with Gasteiger partial charge >= 0.3 is 0 Å². The normalized spacial score (nSPS) is 12.6. The summed E-state index contributed by atoms with van der Waals surface area (Å²) < 4.78 is 5.78. The third kappa shape index (κ3) is 10.9. The van der Waals surface area contributed by atoms with Crippen LogP contribution in [0.25, 0.3) is 34.2 Å². The number of aryl methyl sites for hydroxylation is 4. The van der Waals surface area contributed by atoms with E-state index in [4.69, 9.17) is 19.7 Å². The van der Waals surface area contributed by atoms with Gasteiger partial charge in [-0.2, -0.15) is 0 Å². The van der Waals surface area contributed by atoms with Gasteiger partial charge in [0.2, 0.25) is 0 Å². The highest BCUT2D eigenvalue weighted by molar-refractivity contribution is 5.72. The van der Waals surface area contributed by atoms with E-state index in [1.807, 2.05) is 38.1 Å². The van der Waals surface area contributed by atoms with Gasteiger partial charge in [-0.1, -0.05) is 125 Å². The first-order chi connectivity index (χ1) is 23.2. The molecule has 258 valence electrons. The Hall–Kier alpha value is -3.81. The zero-order chi connectivity index (χ0) is 34.5. The molecule has 1 aromatic heterocycles. The molecular weight excluding hydrogens is 598 g/mol. The van der Waals surface area contributed by atoms with Crippen LogP contribution in [-0.4, -0.2) is 49.1 Å². The van der Waals surface area contributed by atoms with E-state index in [1.165, 1.54) is 63.9 Å². The third-order valence-electron chi connectivity index (χ3n) is 9.06. The number of aliphatic hydroxyl groups excluding tert-OH is 2. The predicted octanol–water partition coefficient (Wildman–Crippen LogP) is 9.61. The molecule has 3 aromatic carbocycles. The molecule has 0 saturated carbocycles. The Labute approximate surface area is 287 Å². The number of aromatic nitrogens is 3. The number of nitrogens with zero attached hydrogens (tertiary/aromatic N) is 3. The number of hydrogen-bond acceptors (Lipinski definition) is 7. The van der Waals surface area contributed by atoms with Gasteiger partial charge in [0.25, 0.3) is 0 Å². The van der Waals surface area contributed by atoms with Crippen molar-refractivity contribution in [3.8, 4) is 45.7 Å². The van der Waals surface area contributed by atoms with Gasteiger partial charge in [0.15, 0.2) is 17.5 Å². The van der Waals surface area contributed by atoms with Crippen molar-refractivity contribution in [2.24, 2.45) is 0 Å². The molecule has 2 unspecified atom stereocenters. The third-order valence-corrected chi connectivity index (χ3v) is 9.06. The molecule has 4 aromatic rings. The van der Waals surface area contributed by atoms with Crippen molar-refractivity contribution in [3.05, 3.63) is 76.9 Å². The first-order valence-corrected chi connectivity index (χ1v) is 17.9. The first kappa shape index (κ1) is 37.0. The Morgan fingerprint density at radius 2 is 1.02 bits per heavy atom. The molecule has 1 heterocycles. The van der Waals surface area contributed by atoms with Crippen LogP contribution in [0.1, 0.15) is 106 Å². The van der Waals surface area contributed by atoms with E-state index in [9.17, 15) is 15.3 Å². The van der Waals surface area contributed by atoms with Crippen molar-refractivity contribution in [3.63, 3.8) is 0 Å². The summed E-state index contributed by atoms with van der Waals surface area (Å²) in [6.45, 7) is 10.4. The first-order valence-electron chi connectivity index (χ1n) is 17.9. The highest BCUT2D eigenvalue weighted by Crippen LogP contribution is 2.34. The minimum absolute atomic E-state index is 0.0483. The summed E-state index contributed by atoms with van der Waals surface area (Å²) in [4.78, 5) is 14.5. The van der Waals surface area contributed by atoms with Gasteiger partial charge in [-0.05, 0) is 57.4 Å². The maximum atomic E-state index is 11.1. The molecule has 2 atom stereocenters. The van der Waals surface area contributed by atoms with Crippen molar-refractivity contribution in [2.45, 2.75) is 124 Å². The molecule has 4 rings (SSSR count). The average Bonchev–Trinajstić information content (AvgIpc) is 3.05. The molecule has 7 nitrogen and oxygen atoms in total. The molecule has 0 radical (unpaired) electrons. The van der Waals surface area contributed by atoms with E-state index in [0.29, 0.717) is 35.2 Å². The summed E-state index contributed by atoms with van der Waals surface area (Å²) in [5.41, 5.74) is 6.65. The molecule has 48 heavy (non-hydrogen) atoms. The van der Waals surface area contributed by atoms with Crippen molar-refractivity contribution >= 4 is 0 Å². The lowest BCUT2D eigenvalue weighted by Crippen LogP contribution is -2.31. The summed E-state index contributed by atoms with van der Waals surface area (Å²) in [5.74, 6) is 1.74. The van der Waals surface area contributed by atoms with E-state index in [0.717, 1.165) is 46.2 Å². The maximum Gasteiger partial charge on any atom is 0.167 e. The van der Waals surface area contributed by atoms with E-state index in [1.54, 1.807) is 12.1 Å². The fourth-order valence-electron chi connectivity index (χ4n) is 6.16. The lowest BCUT2D eigenvalue weighted by molar-refractivity contribution is -0.0126. The number of phenolic OH excluding ortho intramolecular Hbond substituents is 1. The number of hydrogen-bond donors (Lipinski definition) is 3. The number of aliphatic hydroxyl groups is 2. The molecule has 0 spiro atoms. The van der Waals surface area contributed by atoms with E-state index < -0.39 is 12.2 Å². The summed E-state index contributed by atoms with van der Waals surface area (Å²) in [6, 6.07) is 17.2. The fourth-order valence-corrected chi connectivity index (χ4v) is 6.16. The number of ether oxygens (including phenoxy) is 1. The zero-order valence-electron chi connectivity index (χ0n) is 29.6. The summed E-state index contributed by atoms with van der Waals surface area (Å²) in [6.07, 6.45) is 12.3. The molecule has 0 bridgehead atoms. The SMILES string of the molecule is CCCCCCCCCCCCCC(O)C(O)COc1ccc(-c2nc(-c3ccc(C)cc3C)nc(-c3ccc(C)cc3C)n2)c(O)c1. The minimum Gasteiger partial charge on any atom is -0.507 e. The summed E-state index contributed by atoms with van der Waals surface area (Å²) in [7, 11) is 0. The van der Waals surface area contributed by atoms with Crippen molar-refractivity contribution < 1.29 is 20.1 Å². The number of unbranched alkanes of at least 4 members (excludes halogenated alkanes) is 10. The number of aromatic hydroxyl groups is 1. The molecule has 0 saturated heterocycles. The van der Waals surface area contributed by atoms with E-state index in [2.05, 4.69) is 32.9 Å². The lowest BCUT2D eigenvalue weighted by Gasteiger charge is -2.18. The average molecular weight is 654 g/mol. The fraction of sp³-hybridized carbons (Fsp3) is 0.488. The molecule has 0 aliphatic rings. The molecule has 3 N–H and O–H groups in total. The van der Waals surface area contributed by atoms with Crippen LogP contribution in [0.3, 0.4) is 0 Å². The number of benzene rings is 3. The molecule has 0 amide bonds. The lowest BCUT2D eigenvalue weighted by atomic mass is 10.0. The highest BCUT2D eigenvalue weighted by atomic mass is 16.5. The minimum atomic E-state index is -1.01. The Morgan fingerprint density at radius 1 is 0.562 bits per heavy atom. The number of phenols is 1.